The van der Waals surface area contributed by atoms with Crippen LogP contribution < -0.4 is 4.74 Å². The third-order valence-electron chi connectivity index (χ3n) is 2.93. The Labute approximate surface area is 109 Å². The lowest BCUT2D eigenvalue weighted by Crippen LogP contribution is -2.28. The van der Waals surface area contributed by atoms with Gasteiger partial charge >= 0.3 is 0 Å². The lowest BCUT2D eigenvalue weighted by molar-refractivity contribution is 0.242. The summed E-state index contributed by atoms with van der Waals surface area (Å²) in [4.78, 5) is 0.327. The van der Waals surface area contributed by atoms with Gasteiger partial charge in [-0.1, -0.05) is 0 Å². The second-order valence-corrected chi connectivity index (χ2v) is 6.89. The number of hydrogen-bond acceptors (Lipinski definition) is 3. The van der Waals surface area contributed by atoms with E-state index in [1.807, 2.05) is 13.8 Å². The van der Waals surface area contributed by atoms with Gasteiger partial charge in [0.05, 0.1) is 11.0 Å². The summed E-state index contributed by atoms with van der Waals surface area (Å²) in [5.41, 5.74) is 0. The zero-order valence-corrected chi connectivity index (χ0v) is 11.8. The highest BCUT2D eigenvalue weighted by Gasteiger charge is 2.34. The van der Waals surface area contributed by atoms with Crippen LogP contribution in [0.5, 0.6) is 5.75 Å². The maximum absolute atomic E-state index is 12.2. The molecule has 1 fully saturated rings. The second kappa shape index (κ2) is 4.90. The Morgan fingerprint density at radius 3 is 2.22 bits per heavy atom. The van der Waals surface area contributed by atoms with E-state index < -0.39 is 10.0 Å². The SMILES string of the molecule is CC(C)Oc1ccc(S(=O)(=O)N(C)C2CC2)cc1. The molecule has 18 heavy (non-hydrogen) atoms. The lowest BCUT2D eigenvalue weighted by Gasteiger charge is -2.17. The molecule has 100 valence electrons. The maximum Gasteiger partial charge on any atom is 0.243 e. The van der Waals surface area contributed by atoms with Crippen LogP contribution in [0.2, 0.25) is 0 Å². The van der Waals surface area contributed by atoms with Gasteiger partial charge in [0.2, 0.25) is 10.0 Å². The van der Waals surface area contributed by atoms with Crippen molar-refractivity contribution in [1.29, 1.82) is 0 Å². The molecule has 1 aromatic carbocycles. The van der Waals surface area contributed by atoms with E-state index in [1.165, 1.54) is 4.31 Å². The Balaban J connectivity index is 2.18. The van der Waals surface area contributed by atoms with Crippen molar-refractivity contribution in [2.75, 3.05) is 7.05 Å². The van der Waals surface area contributed by atoms with Crippen molar-refractivity contribution in [3.05, 3.63) is 24.3 Å². The molecule has 0 N–H and O–H groups in total. The van der Waals surface area contributed by atoms with Gasteiger partial charge in [-0.3, -0.25) is 0 Å². The zero-order chi connectivity index (χ0) is 13.3. The fourth-order valence-electron chi connectivity index (χ4n) is 1.76. The molecular formula is C13H19NO3S. The van der Waals surface area contributed by atoms with Gasteiger partial charge in [0.25, 0.3) is 0 Å². The largest absolute Gasteiger partial charge is 0.491 e. The third-order valence-corrected chi connectivity index (χ3v) is 4.86. The van der Waals surface area contributed by atoms with Crippen LogP contribution in [0.25, 0.3) is 0 Å². The van der Waals surface area contributed by atoms with E-state index in [0.29, 0.717) is 10.6 Å². The highest BCUT2D eigenvalue weighted by atomic mass is 32.2. The van der Waals surface area contributed by atoms with E-state index in [0.717, 1.165) is 12.8 Å². The van der Waals surface area contributed by atoms with Crippen LogP contribution in [-0.2, 0) is 10.0 Å². The van der Waals surface area contributed by atoms with Crippen LogP contribution in [0.3, 0.4) is 0 Å². The molecule has 1 aliphatic carbocycles. The van der Waals surface area contributed by atoms with E-state index >= 15 is 0 Å². The number of hydrogen-bond donors (Lipinski definition) is 0. The number of benzene rings is 1. The summed E-state index contributed by atoms with van der Waals surface area (Å²) in [6, 6.07) is 6.79. The standard InChI is InChI=1S/C13H19NO3S/c1-10(2)17-12-6-8-13(9-7-12)18(15,16)14(3)11-4-5-11/h6-11H,4-5H2,1-3H3. The average molecular weight is 269 g/mol. The molecule has 0 saturated heterocycles. The molecule has 0 spiro atoms. The van der Waals surface area contributed by atoms with Gasteiger partial charge in [0, 0.05) is 13.1 Å². The Morgan fingerprint density at radius 1 is 1.22 bits per heavy atom. The summed E-state index contributed by atoms with van der Waals surface area (Å²) in [5.74, 6) is 0.693. The first-order valence-electron chi connectivity index (χ1n) is 6.16. The number of ether oxygens (including phenoxy) is 1. The molecule has 0 heterocycles. The van der Waals surface area contributed by atoms with Crippen LogP contribution in [0.15, 0.2) is 29.2 Å². The van der Waals surface area contributed by atoms with Gasteiger partial charge in [0.15, 0.2) is 0 Å². The fraction of sp³-hybridized carbons (Fsp3) is 0.538. The molecule has 0 atom stereocenters. The van der Waals surface area contributed by atoms with Crippen molar-refractivity contribution in [2.24, 2.45) is 0 Å². The Kier molecular flexibility index (Phi) is 3.64. The summed E-state index contributed by atoms with van der Waals surface area (Å²) >= 11 is 0. The van der Waals surface area contributed by atoms with Crippen molar-refractivity contribution in [1.82, 2.24) is 4.31 Å². The molecule has 0 aromatic heterocycles. The van der Waals surface area contributed by atoms with Crippen molar-refractivity contribution in [2.45, 2.75) is 43.7 Å². The van der Waals surface area contributed by atoms with Gasteiger partial charge < -0.3 is 4.74 Å². The zero-order valence-electron chi connectivity index (χ0n) is 11.0. The Morgan fingerprint density at radius 2 is 1.78 bits per heavy atom. The van der Waals surface area contributed by atoms with Crippen LogP contribution in [0.1, 0.15) is 26.7 Å². The van der Waals surface area contributed by atoms with Crippen LogP contribution in [0, 0.1) is 0 Å². The molecule has 2 rings (SSSR count). The molecule has 0 amide bonds. The summed E-state index contributed by atoms with van der Waals surface area (Å²) < 4.78 is 31.4. The van der Waals surface area contributed by atoms with Crippen molar-refractivity contribution in [3.8, 4) is 5.75 Å². The van der Waals surface area contributed by atoms with E-state index in [2.05, 4.69) is 0 Å². The molecule has 4 nitrogen and oxygen atoms in total. The minimum Gasteiger partial charge on any atom is -0.491 e. The summed E-state index contributed by atoms with van der Waals surface area (Å²) in [5, 5.41) is 0. The fourth-order valence-corrected chi connectivity index (χ4v) is 3.18. The molecule has 1 saturated carbocycles. The van der Waals surface area contributed by atoms with Gasteiger partial charge in [-0.2, -0.15) is 4.31 Å². The Bertz CT molecular complexity index is 504. The monoisotopic (exact) mass is 269 g/mol. The molecule has 1 aromatic rings. The molecule has 0 unspecified atom stereocenters. The number of nitrogens with zero attached hydrogens (tertiary/aromatic N) is 1. The number of sulfonamides is 1. The minimum absolute atomic E-state index is 0.0848. The topological polar surface area (TPSA) is 46.6 Å². The highest BCUT2D eigenvalue weighted by Crippen LogP contribution is 2.30. The molecular weight excluding hydrogens is 250 g/mol. The van der Waals surface area contributed by atoms with Crippen LogP contribution >= 0.6 is 0 Å². The smallest absolute Gasteiger partial charge is 0.243 e. The van der Waals surface area contributed by atoms with Gasteiger partial charge in [0.1, 0.15) is 5.75 Å². The van der Waals surface area contributed by atoms with Gasteiger partial charge in [-0.25, -0.2) is 8.42 Å². The predicted octanol–water partition coefficient (Wildman–Crippen LogP) is 2.26. The van der Waals surface area contributed by atoms with E-state index in [9.17, 15) is 8.42 Å². The van der Waals surface area contributed by atoms with Gasteiger partial charge in [-0.15, -0.1) is 0 Å². The van der Waals surface area contributed by atoms with Gasteiger partial charge in [-0.05, 0) is 51.0 Å². The molecule has 1 aliphatic rings. The van der Waals surface area contributed by atoms with Crippen molar-refractivity contribution in [3.63, 3.8) is 0 Å². The van der Waals surface area contributed by atoms with E-state index in [1.54, 1.807) is 31.3 Å². The number of rotatable bonds is 5. The summed E-state index contributed by atoms with van der Waals surface area (Å²) in [6.45, 7) is 3.87. The third kappa shape index (κ3) is 2.84. The van der Waals surface area contributed by atoms with Crippen molar-refractivity contribution >= 4 is 10.0 Å². The molecule has 0 bridgehead atoms. The predicted molar refractivity (Wildman–Crippen MR) is 70.2 cm³/mol. The quantitative estimate of drug-likeness (QED) is 0.823. The minimum atomic E-state index is -3.34. The first kappa shape index (κ1) is 13.4. The molecule has 0 radical (unpaired) electrons. The summed E-state index contributed by atoms with van der Waals surface area (Å²) in [7, 11) is -1.70. The first-order chi connectivity index (χ1) is 8.41. The highest BCUT2D eigenvalue weighted by molar-refractivity contribution is 7.89. The van der Waals surface area contributed by atoms with E-state index in [4.69, 9.17) is 4.74 Å². The molecule has 5 heteroatoms. The van der Waals surface area contributed by atoms with Crippen LogP contribution in [0.4, 0.5) is 0 Å². The van der Waals surface area contributed by atoms with E-state index in [-0.39, 0.29) is 12.1 Å². The maximum atomic E-state index is 12.2. The lowest BCUT2D eigenvalue weighted by atomic mass is 10.3. The van der Waals surface area contributed by atoms with Crippen molar-refractivity contribution < 1.29 is 13.2 Å². The first-order valence-corrected chi connectivity index (χ1v) is 7.60. The average Bonchev–Trinajstić information content (AvgIpc) is 3.11. The summed E-state index contributed by atoms with van der Waals surface area (Å²) in [6.07, 6.45) is 2.01. The van der Waals surface area contributed by atoms with Crippen LogP contribution in [-0.4, -0.2) is 31.9 Å². The molecule has 0 aliphatic heterocycles. The second-order valence-electron chi connectivity index (χ2n) is 4.89. The normalized spacial score (nSPS) is 16.3. The Hall–Kier alpha value is -1.07.